The number of alkyl halides is 3. The van der Waals surface area contributed by atoms with Crippen molar-refractivity contribution in [2.45, 2.75) is 39.0 Å². The van der Waals surface area contributed by atoms with Gasteiger partial charge in [0.15, 0.2) is 0 Å². The van der Waals surface area contributed by atoms with E-state index in [2.05, 4.69) is 10.3 Å². The van der Waals surface area contributed by atoms with Crippen LogP contribution < -0.4 is 10.2 Å². The molecular formula is C16H21ClF3N3O2. The molecule has 9 heteroatoms. The van der Waals surface area contributed by atoms with Crippen LogP contribution in [0.2, 0.25) is 5.02 Å². The zero-order valence-electron chi connectivity index (χ0n) is 14.3. The molecule has 1 aromatic rings. The number of carbonyl (C=O) groups is 1. The first-order valence-electron chi connectivity index (χ1n) is 7.90. The standard InChI is InChI=1S/C16H21ClF3N3O2/c1-15(2,3)25-14(24)22-7-10-4-5-23(9-10)13-12(17)6-11(8-21-13)16(18,19)20/h6,8,10H,4-5,7,9H2,1-3H3,(H,22,24)/t10-/m0/s1. The van der Waals surface area contributed by atoms with E-state index in [9.17, 15) is 18.0 Å². The van der Waals surface area contributed by atoms with Crippen molar-refractivity contribution in [3.05, 3.63) is 22.8 Å². The first-order chi connectivity index (χ1) is 11.5. The molecule has 2 rings (SSSR count). The summed E-state index contributed by atoms with van der Waals surface area (Å²) < 4.78 is 43.2. The van der Waals surface area contributed by atoms with Crippen molar-refractivity contribution in [1.29, 1.82) is 0 Å². The molecule has 1 atom stereocenters. The van der Waals surface area contributed by atoms with Crippen LogP contribution in [0.3, 0.4) is 0 Å². The number of nitrogens with one attached hydrogen (secondary N) is 1. The summed E-state index contributed by atoms with van der Waals surface area (Å²) in [5.74, 6) is 0.474. The maximum absolute atomic E-state index is 12.7. The minimum absolute atomic E-state index is 0.0319. The van der Waals surface area contributed by atoms with Crippen LogP contribution in [0.25, 0.3) is 0 Å². The Bertz CT molecular complexity index is 632. The summed E-state index contributed by atoms with van der Waals surface area (Å²) in [5.41, 5.74) is -1.44. The normalized spacial score (nSPS) is 18.4. The van der Waals surface area contributed by atoms with Crippen molar-refractivity contribution in [2.24, 2.45) is 5.92 Å². The predicted molar refractivity (Wildman–Crippen MR) is 88.8 cm³/mol. The average molecular weight is 380 g/mol. The lowest BCUT2D eigenvalue weighted by molar-refractivity contribution is -0.137. The molecule has 1 N–H and O–H groups in total. The maximum Gasteiger partial charge on any atom is 0.417 e. The van der Waals surface area contributed by atoms with Crippen molar-refractivity contribution in [3.63, 3.8) is 0 Å². The third-order valence-corrected chi connectivity index (χ3v) is 3.95. The third kappa shape index (κ3) is 5.66. The van der Waals surface area contributed by atoms with Gasteiger partial charge in [-0.2, -0.15) is 13.2 Å². The van der Waals surface area contributed by atoms with Crippen LogP contribution in [0.1, 0.15) is 32.8 Å². The summed E-state index contributed by atoms with van der Waals surface area (Å²) >= 11 is 5.97. The SMILES string of the molecule is CC(C)(C)OC(=O)NC[C@@H]1CCN(c2ncc(C(F)(F)F)cc2Cl)C1. The van der Waals surface area contributed by atoms with Crippen LogP contribution >= 0.6 is 11.6 Å². The highest BCUT2D eigenvalue weighted by atomic mass is 35.5. The van der Waals surface area contributed by atoms with Crippen LogP contribution in [0.4, 0.5) is 23.8 Å². The van der Waals surface area contributed by atoms with Gasteiger partial charge in [0.05, 0.1) is 10.6 Å². The van der Waals surface area contributed by atoms with Gasteiger partial charge in [0, 0.05) is 25.8 Å². The molecule has 1 aliphatic rings. The number of ether oxygens (including phenoxy) is 1. The minimum Gasteiger partial charge on any atom is -0.444 e. The molecule has 0 aliphatic carbocycles. The lowest BCUT2D eigenvalue weighted by Gasteiger charge is -2.21. The topological polar surface area (TPSA) is 54.5 Å². The molecule has 0 radical (unpaired) electrons. The van der Waals surface area contributed by atoms with Gasteiger partial charge in [0.25, 0.3) is 0 Å². The van der Waals surface area contributed by atoms with Crippen molar-refractivity contribution < 1.29 is 22.7 Å². The number of nitrogens with zero attached hydrogens (tertiary/aromatic N) is 2. The first kappa shape index (κ1) is 19.6. The number of amides is 1. The Labute approximate surface area is 149 Å². The number of anilines is 1. The number of pyridine rings is 1. The number of hydrogen-bond donors (Lipinski definition) is 1. The smallest absolute Gasteiger partial charge is 0.417 e. The van der Waals surface area contributed by atoms with E-state index in [-0.39, 0.29) is 10.9 Å². The largest absolute Gasteiger partial charge is 0.444 e. The van der Waals surface area contributed by atoms with Crippen LogP contribution in [-0.4, -0.2) is 36.3 Å². The van der Waals surface area contributed by atoms with Crippen LogP contribution in [0, 0.1) is 5.92 Å². The average Bonchev–Trinajstić information content (AvgIpc) is 2.91. The number of aromatic nitrogens is 1. The highest BCUT2D eigenvalue weighted by Gasteiger charge is 2.33. The van der Waals surface area contributed by atoms with Gasteiger partial charge >= 0.3 is 12.3 Å². The second-order valence-electron chi connectivity index (χ2n) is 7.01. The third-order valence-electron chi connectivity index (χ3n) is 3.67. The monoisotopic (exact) mass is 379 g/mol. The molecule has 25 heavy (non-hydrogen) atoms. The number of halogens is 4. The van der Waals surface area contributed by atoms with Gasteiger partial charge in [-0.25, -0.2) is 9.78 Å². The van der Waals surface area contributed by atoms with Gasteiger partial charge in [0.2, 0.25) is 0 Å². The second kappa shape index (κ2) is 7.27. The maximum atomic E-state index is 12.7. The molecule has 0 spiro atoms. The van der Waals surface area contributed by atoms with Crippen molar-refractivity contribution in [2.75, 3.05) is 24.5 Å². The van der Waals surface area contributed by atoms with E-state index in [0.29, 0.717) is 25.5 Å². The van der Waals surface area contributed by atoms with E-state index in [1.54, 1.807) is 20.8 Å². The Morgan fingerprint density at radius 3 is 2.68 bits per heavy atom. The highest BCUT2D eigenvalue weighted by molar-refractivity contribution is 6.33. The Balaban J connectivity index is 1.91. The summed E-state index contributed by atoms with van der Waals surface area (Å²) in [6.07, 6.45) is -3.40. The summed E-state index contributed by atoms with van der Waals surface area (Å²) in [6.45, 7) is 6.92. The van der Waals surface area contributed by atoms with Crippen LogP contribution in [0.5, 0.6) is 0 Å². The molecule has 1 amide bonds. The quantitative estimate of drug-likeness (QED) is 0.858. The Hall–Kier alpha value is -1.70. The van der Waals surface area contributed by atoms with Crippen molar-refractivity contribution in [1.82, 2.24) is 10.3 Å². The van der Waals surface area contributed by atoms with Gasteiger partial charge in [-0.15, -0.1) is 0 Å². The molecule has 0 unspecified atom stereocenters. The lowest BCUT2D eigenvalue weighted by Crippen LogP contribution is -2.36. The summed E-state index contributed by atoms with van der Waals surface area (Å²) in [5, 5.41) is 2.67. The molecule has 1 fully saturated rings. The highest BCUT2D eigenvalue weighted by Crippen LogP contribution is 2.34. The fourth-order valence-corrected chi connectivity index (χ4v) is 2.84. The van der Waals surface area contributed by atoms with E-state index < -0.39 is 23.4 Å². The summed E-state index contributed by atoms with van der Waals surface area (Å²) in [6, 6.07) is 0.885. The fraction of sp³-hybridized carbons (Fsp3) is 0.625. The molecule has 5 nitrogen and oxygen atoms in total. The first-order valence-corrected chi connectivity index (χ1v) is 8.28. The van der Waals surface area contributed by atoms with Gasteiger partial charge < -0.3 is 15.0 Å². The predicted octanol–water partition coefficient (Wildman–Crippen LogP) is 4.10. The Morgan fingerprint density at radius 1 is 1.44 bits per heavy atom. The molecular weight excluding hydrogens is 359 g/mol. The number of hydrogen-bond acceptors (Lipinski definition) is 4. The molecule has 0 bridgehead atoms. The number of rotatable bonds is 3. The van der Waals surface area contributed by atoms with Gasteiger partial charge in [-0.1, -0.05) is 11.6 Å². The minimum atomic E-state index is -4.47. The zero-order chi connectivity index (χ0) is 18.8. The second-order valence-corrected chi connectivity index (χ2v) is 7.42. The molecule has 1 saturated heterocycles. The van der Waals surface area contributed by atoms with Gasteiger partial charge in [-0.3, -0.25) is 0 Å². The molecule has 0 saturated carbocycles. The molecule has 0 aromatic carbocycles. The number of alkyl carbamates (subject to hydrolysis) is 1. The van der Waals surface area contributed by atoms with E-state index >= 15 is 0 Å². The molecule has 1 aliphatic heterocycles. The Morgan fingerprint density at radius 2 is 2.12 bits per heavy atom. The van der Waals surface area contributed by atoms with Crippen molar-refractivity contribution >= 4 is 23.5 Å². The van der Waals surface area contributed by atoms with E-state index in [0.717, 1.165) is 18.7 Å². The summed E-state index contributed by atoms with van der Waals surface area (Å²) in [4.78, 5) is 17.4. The van der Waals surface area contributed by atoms with Crippen molar-refractivity contribution in [3.8, 4) is 0 Å². The summed E-state index contributed by atoms with van der Waals surface area (Å²) in [7, 11) is 0. The van der Waals surface area contributed by atoms with E-state index in [1.807, 2.05) is 4.90 Å². The molecule has 2 heterocycles. The zero-order valence-corrected chi connectivity index (χ0v) is 15.0. The molecule has 140 valence electrons. The fourth-order valence-electron chi connectivity index (χ4n) is 2.55. The van der Waals surface area contributed by atoms with Crippen LogP contribution in [0.15, 0.2) is 12.3 Å². The number of carbonyl (C=O) groups excluding carboxylic acids is 1. The molecule has 1 aromatic heterocycles. The van der Waals surface area contributed by atoms with Crippen LogP contribution in [-0.2, 0) is 10.9 Å². The van der Waals surface area contributed by atoms with Gasteiger partial charge in [0.1, 0.15) is 11.4 Å². The van der Waals surface area contributed by atoms with E-state index in [1.165, 1.54) is 0 Å². The lowest BCUT2D eigenvalue weighted by atomic mass is 10.1. The van der Waals surface area contributed by atoms with E-state index in [4.69, 9.17) is 16.3 Å². The Kier molecular flexibility index (Phi) is 5.71. The van der Waals surface area contributed by atoms with Gasteiger partial charge in [-0.05, 0) is 39.2 Å².